The van der Waals surface area contributed by atoms with E-state index in [0.29, 0.717) is 35.3 Å². The maximum Gasteiger partial charge on any atom is 0.247 e. The number of hydrogen-bond donors (Lipinski definition) is 2. The predicted octanol–water partition coefficient (Wildman–Crippen LogP) is 3.65. The summed E-state index contributed by atoms with van der Waals surface area (Å²) < 4.78 is 18.9. The first kappa shape index (κ1) is 21.6. The molecule has 8 nitrogen and oxygen atoms in total. The number of carbonyl (C=O) groups is 2. The fourth-order valence-electron chi connectivity index (χ4n) is 3.69. The van der Waals surface area contributed by atoms with E-state index in [9.17, 15) is 14.0 Å². The second-order valence-electron chi connectivity index (χ2n) is 7.81. The Kier molecular flexibility index (Phi) is 6.55. The lowest BCUT2D eigenvalue weighted by Gasteiger charge is -2.29. The molecule has 166 valence electrons. The summed E-state index contributed by atoms with van der Waals surface area (Å²) in [6.45, 7) is 3.23. The molecule has 4 rings (SSSR count). The van der Waals surface area contributed by atoms with Crippen molar-refractivity contribution in [2.45, 2.75) is 25.7 Å². The van der Waals surface area contributed by atoms with E-state index >= 15 is 0 Å². The maximum absolute atomic E-state index is 13.1. The normalized spacial score (nSPS) is 14.8. The molecule has 3 aromatic rings. The standard InChI is InChI=1S/C23H24FN5O3/c1-15(30)25-19-6-8-20(9-7-19)26-21(31)14-29-12-10-17(11-13-29)23-28-27-22(32-23)16-2-4-18(24)5-3-16/h2-9,17H,10-14H2,1H3,(H,25,30)(H,26,31). The van der Waals surface area contributed by atoms with Crippen LogP contribution < -0.4 is 10.6 Å². The Labute approximate surface area is 184 Å². The van der Waals surface area contributed by atoms with Gasteiger partial charge in [-0.25, -0.2) is 4.39 Å². The molecule has 2 amide bonds. The minimum atomic E-state index is -0.313. The molecule has 9 heteroatoms. The molecule has 32 heavy (non-hydrogen) atoms. The van der Waals surface area contributed by atoms with Crippen molar-refractivity contribution in [3.05, 3.63) is 60.2 Å². The van der Waals surface area contributed by atoms with Crippen LogP contribution in [0.5, 0.6) is 0 Å². The van der Waals surface area contributed by atoms with E-state index in [1.54, 1.807) is 36.4 Å². The van der Waals surface area contributed by atoms with Gasteiger partial charge < -0.3 is 15.1 Å². The lowest BCUT2D eigenvalue weighted by atomic mass is 9.97. The topological polar surface area (TPSA) is 100 Å². The summed E-state index contributed by atoms with van der Waals surface area (Å²) in [5.41, 5.74) is 2.05. The van der Waals surface area contributed by atoms with Gasteiger partial charge in [0.05, 0.1) is 6.54 Å². The number of carbonyl (C=O) groups excluding carboxylic acids is 2. The average Bonchev–Trinajstić information content (AvgIpc) is 3.26. The Hall–Kier alpha value is -3.59. The Morgan fingerprint density at radius 2 is 1.62 bits per heavy atom. The highest BCUT2D eigenvalue weighted by Crippen LogP contribution is 2.29. The second kappa shape index (κ2) is 9.69. The van der Waals surface area contributed by atoms with Crippen LogP contribution in [0.1, 0.15) is 31.6 Å². The number of hydrogen-bond acceptors (Lipinski definition) is 6. The summed E-state index contributed by atoms with van der Waals surface area (Å²) in [7, 11) is 0. The molecule has 0 saturated carbocycles. The van der Waals surface area contributed by atoms with E-state index in [-0.39, 0.29) is 23.5 Å². The third kappa shape index (κ3) is 5.55. The lowest BCUT2D eigenvalue weighted by molar-refractivity contribution is -0.117. The van der Waals surface area contributed by atoms with Crippen LogP contribution in [-0.2, 0) is 9.59 Å². The van der Waals surface area contributed by atoms with Gasteiger partial charge in [-0.2, -0.15) is 0 Å². The summed E-state index contributed by atoms with van der Waals surface area (Å²) in [5, 5.41) is 13.8. The first-order chi connectivity index (χ1) is 15.5. The van der Waals surface area contributed by atoms with Gasteiger partial charge in [-0.1, -0.05) is 0 Å². The van der Waals surface area contributed by atoms with Crippen molar-refractivity contribution < 1.29 is 18.4 Å². The molecule has 0 unspecified atom stereocenters. The van der Waals surface area contributed by atoms with E-state index in [1.165, 1.54) is 19.1 Å². The predicted molar refractivity (Wildman–Crippen MR) is 117 cm³/mol. The Morgan fingerprint density at radius 3 is 2.25 bits per heavy atom. The number of nitrogens with zero attached hydrogens (tertiary/aromatic N) is 3. The fraction of sp³-hybridized carbons (Fsp3) is 0.304. The zero-order valence-corrected chi connectivity index (χ0v) is 17.7. The van der Waals surface area contributed by atoms with E-state index in [1.807, 2.05) is 0 Å². The van der Waals surface area contributed by atoms with Crippen molar-refractivity contribution in [1.29, 1.82) is 0 Å². The van der Waals surface area contributed by atoms with Crippen LogP contribution in [-0.4, -0.2) is 46.5 Å². The van der Waals surface area contributed by atoms with Crippen LogP contribution in [0.15, 0.2) is 52.9 Å². The number of anilines is 2. The van der Waals surface area contributed by atoms with Crippen molar-refractivity contribution in [1.82, 2.24) is 15.1 Å². The van der Waals surface area contributed by atoms with Gasteiger partial charge in [0.2, 0.25) is 23.6 Å². The lowest BCUT2D eigenvalue weighted by Crippen LogP contribution is -2.38. The number of benzene rings is 2. The van der Waals surface area contributed by atoms with Crippen molar-refractivity contribution in [3.8, 4) is 11.5 Å². The summed E-state index contributed by atoms with van der Waals surface area (Å²) in [6, 6.07) is 12.9. The van der Waals surface area contributed by atoms with E-state index in [2.05, 4.69) is 25.7 Å². The van der Waals surface area contributed by atoms with Crippen LogP contribution in [0, 0.1) is 5.82 Å². The molecule has 0 atom stereocenters. The van der Waals surface area contributed by atoms with Crippen molar-refractivity contribution in [2.24, 2.45) is 0 Å². The van der Waals surface area contributed by atoms with Crippen molar-refractivity contribution in [3.63, 3.8) is 0 Å². The smallest absolute Gasteiger partial charge is 0.247 e. The highest BCUT2D eigenvalue weighted by Gasteiger charge is 2.26. The van der Waals surface area contributed by atoms with Gasteiger partial charge in [0, 0.05) is 29.8 Å². The molecule has 0 bridgehead atoms. The number of rotatable bonds is 6. The SMILES string of the molecule is CC(=O)Nc1ccc(NC(=O)CN2CCC(c3nnc(-c4ccc(F)cc4)o3)CC2)cc1. The van der Waals surface area contributed by atoms with Gasteiger partial charge in [-0.15, -0.1) is 10.2 Å². The molecule has 0 aliphatic carbocycles. The highest BCUT2D eigenvalue weighted by molar-refractivity contribution is 5.93. The molecule has 1 saturated heterocycles. The minimum absolute atomic E-state index is 0.0906. The molecule has 1 aliphatic heterocycles. The molecule has 1 fully saturated rings. The van der Waals surface area contributed by atoms with Gasteiger partial charge in [-0.3, -0.25) is 14.5 Å². The number of likely N-dealkylation sites (tertiary alicyclic amines) is 1. The van der Waals surface area contributed by atoms with Crippen LogP contribution in [0.4, 0.5) is 15.8 Å². The van der Waals surface area contributed by atoms with E-state index in [4.69, 9.17) is 4.42 Å². The molecule has 1 aromatic heterocycles. The summed E-state index contributed by atoms with van der Waals surface area (Å²) in [4.78, 5) is 25.6. The number of aromatic nitrogens is 2. The number of piperidine rings is 1. The quantitative estimate of drug-likeness (QED) is 0.611. The molecule has 0 spiro atoms. The third-order valence-corrected chi connectivity index (χ3v) is 5.32. The summed E-state index contributed by atoms with van der Waals surface area (Å²) >= 11 is 0. The van der Waals surface area contributed by atoms with Crippen LogP contribution >= 0.6 is 0 Å². The van der Waals surface area contributed by atoms with Gasteiger partial charge in [0.1, 0.15) is 5.82 Å². The fourth-order valence-corrected chi connectivity index (χ4v) is 3.69. The zero-order chi connectivity index (χ0) is 22.5. The van der Waals surface area contributed by atoms with Gasteiger partial charge >= 0.3 is 0 Å². The van der Waals surface area contributed by atoms with Crippen LogP contribution in [0.2, 0.25) is 0 Å². The number of nitrogens with one attached hydrogen (secondary N) is 2. The van der Waals surface area contributed by atoms with Crippen molar-refractivity contribution in [2.75, 3.05) is 30.3 Å². The Morgan fingerprint density at radius 1 is 1.00 bits per heavy atom. The maximum atomic E-state index is 13.1. The summed E-state index contributed by atoms with van der Waals surface area (Å²) in [5.74, 6) is 0.549. The number of amides is 2. The number of halogens is 1. The van der Waals surface area contributed by atoms with E-state index < -0.39 is 0 Å². The van der Waals surface area contributed by atoms with Crippen molar-refractivity contribution >= 4 is 23.2 Å². The molecule has 2 heterocycles. The molecule has 2 N–H and O–H groups in total. The second-order valence-corrected chi connectivity index (χ2v) is 7.81. The monoisotopic (exact) mass is 437 g/mol. The molecular formula is C23H24FN5O3. The van der Waals surface area contributed by atoms with E-state index in [0.717, 1.165) is 25.9 Å². The van der Waals surface area contributed by atoms with Crippen LogP contribution in [0.3, 0.4) is 0 Å². The molecule has 2 aromatic carbocycles. The minimum Gasteiger partial charge on any atom is -0.420 e. The zero-order valence-electron chi connectivity index (χ0n) is 17.7. The summed E-state index contributed by atoms with van der Waals surface area (Å²) in [6.07, 6.45) is 1.62. The average molecular weight is 437 g/mol. The highest BCUT2D eigenvalue weighted by atomic mass is 19.1. The Balaban J connectivity index is 1.25. The third-order valence-electron chi connectivity index (χ3n) is 5.32. The molecular weight excluding hydrogens is 413 g/mol. The Bertz CT molecular complexity index is 1070. The molecule has 0 radical (unpaired) electrons. The van der Waals surface area contributed by atoms with Crippen LogP contribution in [0.25, 0.3) is 11.5 Å². The molecule has 1 aliphatic rings. The van der Waals surface area contributed by atoms with Gasteiger partial charge in [0.25, 0.3) is 0 Å². The van der Waals surface area contributed by atoms with Gasteiger partial charge in [0.15, 0.2) is 0 Å². The first-order valence-electron chi connectivity index (χ1n) is 10.5. The van der Waals surface area contributed by atoms with Gasteiger partial charge in [-0.05, 0) is 74.5 Å². The first-order valence-corrected chi connectivity index (χ1v) is 10.5. The largest absolute Gasteiger partial charge is 0.420 e.